The number of para-hydroxylation sites is 1. The van der Waals surface area contributed by atoms with Crippen molar-refractivity contribution in [3.8, 4) is 0 Å². The van der Waals surface area contributed by atoms with E-state index in [2.05, 4.69) is 16.3 Å². The van der Waals surface area contributed by atoms with E-state index in [1.165, 1.54) is 5.56 Å². The number of nitrogens with one attached hydrogen (secondary N) is 1. The number of carbonyl (C=O) groups excluding carboxylic acids is 1. The van der Waals surface area contributed by atoms with Gasteiger partial charge in [-0.2, -0.15) is 0 Å². The van der Waals surface area contributed by atoms with E-state index in [-0.39, 0.29) is 18.0 Å². The van der Waals surface area contributed by atoms with Crippen molar-refractivity contribution < 1.29 is 14.7 Å². The summed E-state index contributed by atoms with van der Waals surface area (Å²) in [5.41, 5.74) is 2.05. The SMILES string of the molecule is C[C@]1(NCC(=O)O)CCN(CC(=O)N2CCCc3ccccc32)C1. The number of rotatable bonds is 5. The zero-order chi connectivity index (χ0) is 17.2. The molecule has 2 aliphatic rings. The van der Waals surface area contributed by atoms with Crippen LogP contribution in [0.4, 0.5) is 5.69 Å². The standard InChI is InChI=1S/C18H25N3O3/c1-18(19-11-17(23)24)8-10-20(13-18)12-16(22)21-9-4-6-14-5-2-3-7-15(14)21/h2-3,5,7,19H,4,6,8-13H2,1H3,(H,23,24)/t18-/m0/s1. The van der Waals surface area contributed by atoms with Crippen LogP contribution in [-0.2, 0) is 16.0 Å². The summed E-state index contributed by atoms with van der Waals surface area (Å²) in [7, 11) is 0. The van der Waals surface area contributed by atoms with Gasteiger partial charge in [0.2, 0.25) is 5.91 Å². The van der Waals surface area contributed by atoms with Gasteiger partial charge in [0.25, 0.3) is 0 Å². The van der Waals surface area contributed by atoms with Crippen LogP contribution in [0.2, 0.25) is 0 Å². The van der Waals surface area contributed by atoms with Crippen molar-refractivity contribution in [2.24, 2.45) is 0 Å². The minimum absolute atomic E-state index is 0.0439. The Morgan fingerprint density at radius 3 is 2.88 bits per heavy atom. The number of carboxylic acid groups (broad SMARTS) is 1. The zero-order valence-corrected chi connectivity index (χ0v) is 14.1. The summed E-state index contributed by atoms with van der Waals surface area (Å²) in [6, 6.07) is 8.12. The van der Waals surface area contributed by atoms with Crippen molar-refractivity contribution >= 4 is 17.6 Å². The fraction of sp³-hybridized carbons (Fsp3) is 0.556. The Labute approximate surface area is 142 Å². The third-order valence-electron chi connectivity index (χ3n) is 4.99. The molecule has 130 valence electrons. The molecule has 1 aromatic carbocycles. The Kier molecular flexibility index (Phi) is 4.87. The molecule has 3 rings (SSSR count). The van der Waals surface area contributed by atoms with E-state index < -0.39 is 5.97 Å². The van der Waals surface area contributed by atoms with E-state index >= 15 is 0 Å². The zero-order valence-electron chi connectivity index (χ0n) is 14.1. The first kappa shape index (κ1) is 16.9. The van der Waals surface area contributed by atoms with Gasteiger partial charge in [-0.25, -0.2) is 0 Å². The van der Waals surface area contributed by atoms with Crippen molar-refractivity contribution in [1.82, 2.24) is 10.2 Å². The number of anilines is 1. The molecule has 2 heterocycles. The fourth-order valence-electron chi connectivity index (χ4n) is 3.69. The minimum Gasteiger partial charge on any atom is -0.480 e. The molecule has 0 saturated carbocycles. The van der Waals surface area contributed by atoms with E-state index in [1.54, 1.807) is 0 Å². The molecule has 2 N–H and O–H groups in total. The van der Waals surface area contributed by atoms with Crippen molar-refractivity contribution in [2.75, 3.05) is 37.6 Å². The van der Waals surface area contributed by atoms with E-state index in [1.807, 2.05) is 30.0 Å². The number of aliphatic carboxylic acids is 1. The number of amides is 1. The molecule has 1 fully saturated rings. The third-order valence-corrected chi connectivity index (χ3v) is 4.99. The number of aryl methyl sites for hydroxylation is 1. The molecule has 0 aromatic heterocycles. The lowest BCUT2D eigenvalue weighted by Crippen LogP contribution is -2.48. The maximum absolute atomic E-state index is 12.8. The van der Waals surface area contributed by atoms with Crippen LogP contribution in [0.3, 0.4) is 0 Å². The lowest BCUT2D eigenvalue weighted by Gasteiger charge is -2.31. The van der Waals surface area contributed by atoms with Crippen molar-refractivity contribution in [3.63, 3.8) is 0 Å². The minimum atomic E-state index is -0.851. The van der Waals surface area contributed by atoms with E-state index in [0.29, 0.717) is 13.1 Å². The molecule has 0 spiro atoms. The second-order valence-corrected chi connectivity index (χ2v) is 7.05. The first-order valence-electron chi connectivity index (χ1n) is 8.54. The quantitative estimate of drug-likeness (QED) is 0.845. The molecule has 24 heavy (non-hydrogen) atoms. The number of benzene rings is 1. The van der Waals surface area contributed by atoms with Crippen LogP contribution in [0.25, 0.3) is 0 Å². The topological polar surface area (TPSA) is 72.9 Å². The Balaban J connectivity index is 1.60. The molecular formula is C18H25N3O3. The van der Waals surface area contributed by atoms with Gasteiger partial charge in [0, 0.05) is 30.9 Å². The van der Waals surface area contributed by atoms with Gasteiger partial charge in [0.05, 0.1) is 13.1 Å². The molecule has 0 radical (unpaired) electrons. The van der Waals surface area contributed by atoms with Crippen LogP contribution in [0.15, 0.2) is 24.3 Å². The summed E-state index contributed by atoms with van der Waals surface area (Å²) >= 11 is 0. The summed E-state index contributed by atoms with van der Waals surface area (Å²) in [6.45, 7) is 4.65. The van der Waals surface area contributed by atoms with Crippen LogP contribution in [-0.4, -0.2) is 60.1 Å². The highest BCUT2D eigenvalue weighted by Gasteiger charge is 2.35. The highest BCUT2D eigenvalue weighted by Crippen LogP contribution is 2.27. The van der Waals surface area contributed by atoms with Gasteiger partial charge in [-0.1, -0.05) is 18.2 Å². The molecule has 1 amide bonds. The number of nitrogens with zero attached hydrogens (tertiary/aromatic N) is 2. The van der Waals surface area contributed by atoms with Crippen molar-refractivity contribution in [3.05, 3.63) is 29.8 Å². The van der Waals surface area contributed by atoms with Crippen molar-refractivity contribution in [1.29, 1.82) is 0 Å². The molecule has 0 aliphatic carbocycles. The van der Waals surface area contributed by atoms with Crippen LogP contribution >= 0.6 is 0 Å². The third kappa shape index (κ3) is 3.76. The summed E-state index contributed by atoms with van der Waals surface area (Å²) < 4.78 is 0. The summed E-state index contributed by atoms with van der Waals surface area (Å²) in [4.78, 5) is 27.5. The molecule has 1 saturated heterocycles. The first-order valence-corrected chi connectivity index (χ1v) is 8.54. The summed E-state index contributed by atoms with van der Waals surface area (Å²) in [5.74, 6) is -0.722. The lowest BCUT2D eigenvalue weighted by molar-refractivity contribution is -0.136. The Bertz CT molecular complexity index is 634. The molecule has 6 heteroatoms. The number of carboxylic acids is 1. The number of hydrogen-bond donors (Lipinski definition) is 2. The lowest BCUT2D eigenvalue weighted by atomic mass is 10.0. The average molecular weight is 331 g/mol. The second-order valence-electron chi connectivity index (χ2n) is 7.05. The molecule has 1 aromatic rings. The number of hydrogen-bond acceptors (Lipinski definition) is 4. The van der Waals surface area contributed by atoms with E-state index in [4.69, 9.17) is 5.11 Å². The van der Waals surface area contributed by atoms with Crippen molar-refractivity contribution in [2.45, 2.75) is 31.7 Å². The Morgan fingerprint density at radius 1 is 1.29 bits per heavy atom. The average Bonchev–Trinajstić information content (AvgIpc) is 2.94. The number of fused-ring (bicyclic) bond motifs is 1. The van der Waals surface area contributed by atoms with Gasteiger partial charge in [-0.05, 0) is 37.8 Å². The highest BCUT2D eigenvalue weighted by atomic mass is 16.4. The van der Waals surface area contributed by atoms with Gasteiger partial charge < -0.3 is 15.3 Å². The van der Waals surface area contributed by atoms with Crippen LogP contribution < -0.4 is 10.2 Å². The molecule has 1 atom stereocenters. The highest BCUT2D eigenvalue weighted by molar-refractivity contribution is 5.96. The van der Waals surface area contributed by atoms with Crippen LogP contribution in [0, 0.1) is 0 Å². The Morgan fingerprint density at radius 2 is 2.08 bits per heavy atom. The normalized spacial score (nSPS) is 24.0. The van der Waals surface area contributed by atoms with E-state index in [0.717, 1.165) is 38.0 Å². The summed E-state index contributed by atoms with van der Waals surface area (Å²) in [5, 5.41) is 11.9. The smallest absolute Gasteiger partial charge is 0.317 e. The monoisotopic (exact) mass is 331 g/mol. The van der Waals surface area contributed by atoms with Crippen LogP contribution in [0.1, 0.15) is 25.3 Å². The second kappa shape index (κ2) is 6.91. The van der Waals surface area contributed by atoms with Gasteiger partial charge in [-0.15, -0.1) is 0 Å². The molecular weight excluding hydrogens is 306 g/mol. The summed E-state index contributed by atoms with van der Waals surface area (Å²) in [6.07, 6.45) is 2.88. The van der Waals surface area contributed by atoms with Gasteiger partial charge in [0.15, 0.2) is 0 Å². The molecule has 0 unspecified atom stereocenters. The van der Waals surface area contributed by atoms with Crippen LogP contribution in [0.5, 0.6) is 0 Å². The fourth-order valence-corrected chi connectivity index (χ4v) is 3.69. The predicted octanol–water partition coefficient (Wildman–Crippen LogP) is 1.10. The number of carbonyl (C=O) groups is 2. The largest absolute Gasteiger partial charge is 0.480 e. The molecule has 0 bridgehead atoms. The maximum atomic E-state index is 12.8. The molecule has 6 nitrogen and oxygen atoms in total. The Hall–Kier alpha value is -1.92. The van der Waals surface area contributed by atoms with Gasteiger partial charge in [-0.3, -0.25) is 14.5 Å². The maximum Gasteiger partial charge on any atom is 0.317 e. The van der Waals surface area contributed by atoms with Gasteiger partial charge >= 0.3 is 5.97 Å². The molecule has 2 aliphatic heterocycles. The number of likely N-dealkylation sites (tertiary alicyclic amines) is 1. The van der Waals surface area contributed by atoms with E-state index in [9.17, 15) is 9.59 Å². The predicted molar refractivity (Wildman–Crippen MR) is 92.2 cm³/mol. The first-order chi connectivity index (χ1) is 11.5. The van der Waals surface area contributed by atoms with Gasteiger partial charge in [0.1, 0.15) is 0 Å².